The maximum Gasteiger partial charge on any atom is 0.344 e. The number of hydrogen-bond acceptors (Lipinski definition) is 6. The molecule has 0 spiro atoms. The summed E-state index contributed by atoms with van der Waals surface area (Å²) in [6, 6.07) is 0. The van der Waals surface area contributed by atoms with Gasteiger partial charge in [0.2, 0.25) is 0 Å². The molecule has 0 bridgehead atoms. The normalized spacial score (nSPS) is 35.8. The average Bonchev–Trinajstić information content (AvgIpc) is 3.08. The Kier molecular flexibility index (Phi) is 6.87. The smallest absolute Gasteiger partial charge is 0.344 e. The average molecular weight is 445 g/mol. The van der Waals surface area contributed by atoms with Gasteiger partial charge in [-0.1, -0.05) is 12.5 Å². The number of rotatable bonds is 7. The lowest BCUT2D eigenvalue weighted by molar-refractivity contribution is -0.159. The Morgan fingerprint density at radius 3 is 2.66 bits per heavy atom. The maximum absolute atomic E-state index is 11.9. The molecule has 0 amide bonds. The van der Waals surface area contributed by atoms with Gasteiger partial charge < -0.3 is 9.47 Å². The molecule has 0 unspecified atom stereocenters. The first kappa shape index (κ1) is 23.2. The summed E-state index contributed by atoms with van der Waals surface area (Å²) in [6.45, 7) is 3.69. The van der Waals surface area contributed by atoms with Gasteiger partial charge in [0.25, 0.3) is 0 Å². The van der Waals surface area contributed by atoms with Crippen molar-refractivity contribution in [3.63, 3.8) is 0 Å². The molecule has 0 saturated heterocycles. The van der Waals surface area contributed by atoms with Gasteiger partial charge in [-0.3, -0.25) is 14.4 Å². The number of carbonyl (C=O) groups excluding carboxylic acids is 4. The number of allylic oxidation sites excluding steroid dienone is 1. The van der Waals surface area contributed by atoms with Gasteiger partial charge in [-0.15, -0.1) is 0 Å². The molecule has 6 heteroatoms. The largest absolute Gasteiger partial charge is 0.463 e. The van der Waals surface area contributed by atoms with E-state index in [1.807, 2.05) is 6.08 Å². The molecule has 0 heterocycles. The highest BCUT2D eigenvalue weighted by Gasteiger charge is 2.54. The topological polar surface area (TPSA) is 86.7 Å². The van der Waals surface area contributed by atoms with E-state index in [-0.39, 0.29) is 12.2 Å². The third kappa shape index (κ3) is 4.99. The summed E-state index contributed by atoms with van der Waals surface area (Å²) in [5.41, 5.74) is 1.81. The molecule has 176 valence electrons. The van der Waals surface area contributed by atoms with Gasteiger partial charge in [0.05, 0.1) is 6.61 Å². The van der Waals surface area contributed by atoms with Crippen LogP contribution in [0.2, 0.25) is 0 Å². The second-order valence-corrected chi connectivity index (χ2v) is 10.9. The molecule has 4 aliphatic rings. The molecule has 0 aromatic carbocycles. The second-order valence-electron chi connectivity index (χ2n) is 10.9. The molecule has 4 aliphatic carbocycles. The van der Waals surface area contributed by atoms with E-state index in [1.54, 1.807) is 0 Å². The Morgan fingerprint density at radius 1 is 1.06 bits per heavy atom. The summed E-state index contributed by atoms with van der Waals surface area (Å²) in [7, 11) is 0. The van der Waals surface area contributed by atoms with Crippen molar-refractivity contribution in [1.82, 2.24) is 0 Å². The van der Waals surface area contributed by atoms with Crippen molar-refractivity contribution in [2.45, 2.75) is 78.1 Å². The number of hydrogen-bond donors (Lipinski definition) is 0. The first-order chi connectivity index (χ1) is 15.2. The summed E-state index contributed by atoms with van der Waals surface area (Å²) in [5, 5.41) is 0. The summed E-state index contributed by atoms with van der Waals surface area (Å²) in [4.78, 5) is 46.0. The number of carbonyl (C=O) groups is 4. The van der Waals surface area contributed by atoms with E-state index in [1.165, 1.54) is 44.6 Å². The van der Waals surface area contributed by atoms with Gasteiger partial charge >= 0.3 is 11.9 Å². The van der Waals surface area contributed by atoms with E-state index >= 15 is 0 Å². The first-order valence-electron chi connectivity index (χ1n) is 12.3. The summed E-state index contributed by atoms with van der Waals surface area (Å²) in [6.07, 6.45) is 11.5. The van der Waals surface area contributed by atoms with E-state index in [2.05, 4.69) is 6.92 Å². The lowest BCUT2D eigenvalue weighted by Gasteiger charge is -2.52. The zero-order valence-corrected chi connectivity index (χ0v) is 19.4. The van der Waals surface area contributed by atoms with Crippen LogP contribution in [0.15, 0.2) is 11.6 Å². The van der Waals surface area contributed by atoms with Crippen LogP contribution in [0.25, 0.3) is 0 Å². The Hall–Kier alpha value is -1.98. The molecule has 3 saturated carbocycles. The third-order valence-electron chi connectivity index (χ3n) is 8.69. The van der Waals surface area contributed by atoms with Gasteiger partial charge in [0.1, 0.15) is 12.2 Å². The molecular formula is C26H36O6. The van der Waals surface area contributed by atoms with E-state index in [0.29, 0.717) is 29.6 Å². The zero-order chi connectivity index (χ0) is 22.9. The first-order valence-corrected chi connectivity index (χ1v) is 12.3. The van der Waals surface area contributed by atoms with E-state index in [0.717, 1.165) is 43.4 Å². The molecule has 0 aliphatic heterocycles. The molecule has 0 radical (unpaired) electrons. The second kappa shape index (κ2) is 9.48. The standard InChI is InChI=1S/C26H36O6/c1-16(27)11-24(29)32-15-25(30)31-10-8-17-12-23-22-5-3-18-13-19(28)4-6-20(18)21(22)7-9-26(23,2)14-17/h13,17,20-23H,3-12,14-15H2,1-2H3/t17-,20-,21+,22+,23-,26+/m0/s1. The molecule has 0 N–H and O–H groups in total. The number of ether oxygens (including phenoxy) is 2. The minimum Gasteiger partial charge on any atom is -0.463 e. The summed E-state index contributed by atoms with van der Waals surface area (Å²) < 4.78 is 10.1. The van der Waals surface area contributed by atoms with Crippen LogP contribution in [0.3, 0.4) is 0 Å². The number of ketones is 2. The lowest BCUT2D eigenvalue weighted by Crippen LogP contribution is -2.44. The highest BCUT2D eigenvalue weighted by Crippen LogP contribution is 2.63. The minimum absolute atomic E-state index is 0.288. The molecule has 6 nitrogen and oxygen atoms in total. The Labute approximate surface area is 190 Å². The van der Waals surface area contributed by atoms with Gasteiger partial charge in [0.15, 0.2) is 12.4 Å². The van der Waals surface area contributed by atoms with Crippen LogP contribution in [0.4, 0.5) is 0 Å². The molecule has 32 heavy (non-hydrogen) atoms. The van der Waals surface area contributed by atoms with Crippen molar-refractivity contribution in [2.24, 2.45) is 35.0 Å². The quantitative estimate of drug-likeness (QED) is 0.432. The molecule has 3 fully saturated rings. The van der Waals surface area contributed by atoms with Crippen LogP contribution in [-0.2, 0) is 28.7 Å². The van der Waals surface area contributed by atoms with Crippen molar-refractivity contribution in [3.05, 3.63) is 11.6 Å². The predicted octanol–water partition coefficient (Wildman–Crippen LogP) is 4.20. The zero-order valence-electron chi connectivity index (χ0n) is 19.4. The van der Waals surface area contributed by atoms with Crippen LogP contribution < -0.4 is 0 Å². The fraction of sp³-hybridized carbons (Fsp3) is 0.769. The Morgan fingerprint density at radius 2 is 1.88 bits per heavy atom. The summed E-state index contributed by atoms with van der Waals surface area (Å²) >= 11 is 0. The predicted molar refractivity (Wildman–Crippen MR) is 117 cm³/mol. The number of esters is 2. The van der Waals surface area contributed by atoms with E-state index in [9.17, 15) is 19.2 Å². The molecular weight excluding hydrogens is 408 g/mol. The number of Topliss-reactive ketones (excluding diaryl/α,β-unsaturated/α-hetero) is 1. The van der Waals surface area contributed by atoms with E-state index < -0.39 is 18.5 Å². The summed E-state index contributed by atoms with van der Waals surface area (Å²) in [5.74, 6) is 2.20. The van der Waals surface area contributed by atoms with Crippen LogP contribution in [0.1, 0.15) is 78.1 Å². The molecule has 4 rings (SSSR count). The van der Waals surface area contributed by atoms with E-state index in [4.69, 9.17) is 9.47 Å². The van der Waals surface area contributed by atoms with Crippen LogP contribution in [0.5, 0.6) is 0 Å². The lowest BCUT2D eigenvalue weighted by atomic mass is 9.52. The maximum atomic E-state index is 11.9. The fourth-order valence-electron chi connectivity index (χ4n) is 7.38. The third-order valence-corrected chi connectivity index (χ3v) is 8.69. The van der Waals surface area contributed by atoms with Crippen molar-refractivity contribution in [2.75, 3.05) is 13.2 Å². The highest BCUT2D eigenvalue weighted by atomic mass is 16.6. The van der Waals surface area contributed by atoms with Gasteiger partial charge in [-0.05, 0) is 99.4 Å². The van der Waals surface area contributed by atoms with Gasteiger partial charge in [-0.25, -0.2) is 4.79 Å². The molecule has 0 aromatic rings. The monoisotopic (exact) mass is 444 g/mol. The number of fused-ring (bicyclic) bond motifs is 5. The van der Waals surface area contributed by atoms with Crippen LogP contribution >= 0.6 is 0 Å². The van der Waals surface area contributed by atoms with Crippen molar-refractivity contribution < 1.29 is 28.7 Å². The highest BCUT2D eigenvalue weighted by molar-refractivity contribution is 5.94. The fourth-order valence-corrected chi connectivity index (χ4v) is 7.38. The van der Waals surface area contributed by atoms with Crippen molar-refractivity contribution >= 4 is 23.5 Å². The van der Waals surface area contributed by atoms with Crippen LogP contribution in [0, 0.1) is 35.0 Å². The molecule has 6 atom stereocenters. The molecule has 0 aromatic heterocycles. The van der Waals surface area contributed by atoms with Crippen molar-refractivity contribution in [1.29, 1.82) is 0 Å². The minimum atomic E-state index is -0.690. The Bertz CT molecular complexity index is 813. The van der Waals surface area contributed by atoms with Crippen molar-refractivity contribution in [3.8, 4) is 0 Å². The SMILES string of the molecule is CC(=O)CC(=O)OCC(=O)OCC[C@H]1C[C@H]2[C@@H]3CCC4=CC(=O)CC[C@@H]4[C@H]3CC[C@]2(C)C1. The van der Waals surface area contributed by atoms with Crippen LogP contribution in [-0.4, -0.2) is 36.7 Å². The van der Waals surface area contributed by atoms with Gasteiger partial charge in [-0.2, -0.15) is 0 Å². The Balaban J connectivity index is 1.26. The van der Waals surface area contributed by atoms with Gasteiger partial charge in [0, 0.05) is 6.42 Å².